The van der Waals surface area contributed by atoms with Crippen molar-refractivity contribution < 1.29 is 14.6 Å². The summed E-state index contributed by atoms with van der Waals surface area (Å²) in [5.74, 6) is 0.913. The average molecular weight is 484 g/mol. The first kappa shape index (κ1) is 25.2. The number of carbonyl (C=O) groups excluding carboxylic acids is 1. The standard InChI is InChI=1S/C30H33N3O3/c1-3-4-18-33-27(19-31-29(33)25-8-6-5-7-9-25)22-32(21-24-12-16-28(34)17-13-24)20-23-10-14-26(15-11-23)30(35)36-2/h5-17,19,34H,3-4,18,20-22H2,1-2H3. The van der Waals surface area contributed by atoms with Gasteiger partial charge in [0.25, 0.3) is 0 Å². The number of carbonyl (C=O) groups is 1. The number of imidazole rings is 1. The molecule has 0 fully saturated rings. The predicted octanol–water partition coefficient (Wildman–Crippen LogP) is 6.04. The minimum absolute atomic E-state index is 0.258. The second-order valence-corrected chi connectivity index (χ2v) is 8.94. The minimum Gasteiger partial charge on any atom is -0.508 e. The van der Waals surface area contributed by atoms with Gasteiger partial charge in [-0.25, -0.2) is 9.78 Å². The van der Waals surface area contributed by atoms with Crippen molar-refractivity contribution in [3.63, 3.8) is 0 Å². The summed E-state index contributed by atoms with van der Waals surface area (Å²) in [6.07, 6.45) is 4.17. The number of esters is 1. The molecule has 0 saturated heterocycles. The van der Waals surface area contributed by atoms with Crippen LogP contribution in [0.15, 0.2) is 85.1 Å². The summed E-state index contributed by atoms with van der Waals surface area (Å²) < 4.78 is 7.17. The highest BCUT2D eigenvalue weighted by Gasteiger charge is 2.16. The molecule has 4 rings (SSSR count). The number of hydrogen-bond donors (Lipinski definition) is 1. The molecule has 0 unspecified atom stereocenters. The van der Waals surface area contributed by atoms with Crippen LogP contribution < -0.4 is 0 Å². The largest absolute Gasteiger partial charge is 0.508 e. The van der Waals surface area contributed by atoms with Crippen LogP contribution in [0.4, 0.5) is 0 Å². The monoisotopic (exact) mass is 483 g/mol. The lowest BCUT2D eigenvalue weighted by atomic mass is 10.1. The first-order valence-electron chi connectivity index (χ1n) is 12.3. The van der Waals surface area contributed by atoms with Crippen LogP contribution in [0.2, 0.25) is 0 Å². The van der Waals surface area contributed by atoms with E-state index in [9.17, 15) is 9.90 Å². The summed E-state index contributed by atoms with van der Waals surface area (Å²) in [6, 6.07) is 25.2. The van der Waals surface area contributed by atoms with Crippen molar-refractivity contribution in [2.24, 2.45) is 0 Å². The summed E-state index contributed by atoms with van der Waals surface area (Å²) in [7, 11) is 1.39. The molecule has 4 aromatic rings. The highest BCUT2D eigenvalue weighted by atomic mass is 16.5. The Kier molecular flexibility index (Phi) is 8.53. The Morgan fingerprint density at radius 2 is 1.56 bits per heavy atom. The number of phenolic OH excluding ortho intramolecular Hbond substituents is 1. The molecule has 36 heavy (non-hydrogen) atoms. The highest BCUT2D eigenvalue weighted by Crippen LogP contribution is 2.23. The topological polar surface area (TPSA) is 67.6 Å². The number of rotatable bonds is 11. The van der Waals surface area contributed by atoms with Crippen molar-refractivity contribution in [1.29, 1.82) is 0 Å². The number of ether oxygens (including phenoxy) is 1. The summed E-state index contributed by atoms with van der Waals surface area (Å²) in [6.45, 7) is 5.23. The van der Waals surface area contributed by atoms with E-state index in [0.717, 1.165) is 47.6 Å². The van der Waals surface area contributed by atoms with E-state index in [1.807, 2.05) is 48.7 Å². The lowest BCUT2D eigenvalue weighted by Crippen LogP contribution is -2.24. The normalized spacial score (nSPS) is 11.1. The maximum atomic E-state index is 11.8. The van der Waals surface area contributed by atoms with E-state index in [-0.39, 0.29) is 11.7 Å². The van der Waals surface area contributed by atoms with Crippen LogP contribution in [0.1, 0.15) is 46.9 Å². The molecule has 0 radical (unpaired) electrons. The predicted molar refractivity (Wildman–Crippen MR) is 141 cm³/mol. The third-order valence-electron chi connectivity index (χ3n) is 6.21. The Balaban J connectivity index is 1.62. The number of nitrogens with zero attached hydrogens (tertiary/aromatic N) is 3. The third kappa shape index (κ3) is 6.40. The van der Waals surface area contributed by atoms with Gasteiger partial charge in [0, 0.05) is 31.7 Å². The minimum atomic E-state index is -0.337. The molecule has 1 heterocycles. The van der Waals surface area contributed by atoms with Crippen molar-refractivity contribution in [3.8, 4) is 17.1 Å². The van der Waals surface area contributed by atoms with E-state index in [1.165, 1.54) is 7.11 Å². The zero-order valence-corrected chi connectivity index (χ0v) is 20.9. The van der Waals surface area contributed by atoms with Gasteiger partial charge in [-0.15, -0.1) is 0 Å². The highest BCUT2D eigenvalue weighted by molar-refractivity contribution is 5.89. The average Bonchev–Trinajstić information content (AvgIpc) is 3.31. The van der Waals surface area contributed by atoms with E-state index in [0.29, 0.717) is 25.2 Å². The fourth-order valence-corrected chi connectivity index (χ4v) is 4.30. The van der Waals surface area contributed by atoms with Crippen molar-refractivity contribution in [3.05, 3.63) is 107 Å². The number of aromatic nitrogens is 2. The van der Waals surface area contributed by atoms with Crippen molar-refractivity contribution in [2.75, 3.05) is 7.11 Å². The zero-order valence-electron chi connectivity index (χ0n) is 20.9. The van der Waals surface area contributed by atoms with Crippen molar-refractivity contribution >= 4 is 5.97 Å². The Bertz CT molecular complexity index is 1250. The Morgan fingerprint density at radius 3 is 2.17 bits per heavy atom. The van der Waals surface area contributed by atoms with Gasteiger partial charge in [-0.3, -0.25) is 4.90 Å². The number of phenols is 1. The number of unbranched alkanes of at least 4 members (excludes halogenated alkanes) is 1. The second kappa shape index (κ2) is 12.2. The van der Waals surface area contributed by atoms with Gasteiger partial charge in [-0.05, 0) is 41.8 Å². The molecule has 3 aromatic carbocycles. The van der Waals surface area contributed by atoms with Crippen LogP contribution in [-0.4, -0.2) is 32.6 Å². The van der Waals surface area contributed by atoms with Gasteiger partial charge in [0.1, 0.15) is 11.6 Å². The van der Waals surface area contributed by atoms with Crippen molar-refractivity contribution in [1.82, 2.24) is 14.5 Å². The molecule has 6 heteroatoms. The van der Waals surface area contributed by atoms with Gasteiger partial charge >= 0.3 is 5.97 Å². The molecule has 0 saturated carbocycles. The van der Waals surface area contributed by atoms with Gasteiger partial charge in [-0.2, -0.15) is 0 Å². The van der Waals surface area contributed by atoms with Gasteiger partial charge < -0.3 is 14.4 Å². The summed E-state index contributed by atoms with van der Waals surface area (Å²) in [4.78, 5) is 19.0. The molecule has 0 aliphatic rings. The van der Waals surface area contributed by atoms with E-state index < -0.39 is 0 Å². The molecule has 0 atom stereocenters. The first-order chi connectivity index (χ1) is 17.6. The fraction of sp³-hybridized carbons (Fsp3) is 0.267. The second-order valence-electron chi connectivity index (χ2n) is 8.94. The molecular weight excluding hydrogens is 450 g/mol. The molecule has 6 nitrogen and oxygen atoms in total. The number of methoxy groups -OCH3 is 1. The first-order valence-corrected chi connectivity index (χ1v) is 12.3. The van der Waals surface area contributed by atoms with Crippen LogP contribution in [0.25, 0.3) is 11.4 Å². The molecule has 0 aliphatic heterocycles. The van der Waals surface area contributed by atoms with Crippen LogP contribution >= 0.6 is 0 Å². The molecule has 186 valence electrons. The van der Waals surface area contributed by atoms with E-state index in [1.54, 1.807) is 24.3 Å². The Morgan fingerprint density at radius 1 is 0.917 bits per heavy atom. The Hall–Kier alpha value is -3.90. The lowest BCUT2D eigenvalue weighted by molar-refractivity contribution is 0.0600. The summed E-state index contributed by atoms with van der Waals surface area (Å²) in [5.41, 5.74) is 5.03. The fourth-order valence-electron chi connectivity index (χ4n) is 4.30. The number of benzene rings is 3. The maximum absolute atomic E-state index is 11.8. The van der Waals surface area contributed by atoms with Crippen LogP contribution in [0, 0.1) is 0 Å². The lowest BCUT2D eigenvalue weighted by Gasteiger charge is -2.24. The molecule has 0 spiro atoms. The smallest absolute Gasteiger partial charge is 0.337 e. The van der Waals surface area contributed by atoms with E-state index in [2.05, 4.69) is 28.5 Å². The van der Waals surface area contributed by atoms with E-state index >= 15 is 0 Å². The van der Waals surface area contributed by atoms with Crippen LogP contribution in [0.3, 0.4) is 0 Å². The molecule has 0 aliphatic carbocycles. The summed E-state index contributed by atoms with van der Waals surface area (Å²) >= 11 is 0. The van der Waals surface area contributed by atoms with Gasteiger partial charge in [0.2, 0.25) is 0 Å². The Labute approximate surface area is 212 Å². The third-order valence-corrected chi connectivity index (χ3v) is 6.21. The molecule has 0 bridgehead atoms. The summed E-state index contributed by atoms with van der Waals surface area (Å²) in [5, 5.41) is 9.72. The number of aromatic hydroxyl groups is 1. The molecular formula is C30H33N3O3. The van der Waals surface area contributed by atoms with Gasteiger partial charge in [0.05, 0.1) is 24.6 Å². The molecule has 1 aromatic heterocycles. The van der Waals surface area contributed by atoms with Crippen LogP contribution in [0.5, 0.6) is 5.75 Å². The van der Waals surface area contributed by atoms with Crippen molar-refractivity contribution in [2.45, 2.75) is 45.9 Å². The molecule has 0 amide bonds. The molecule has 1 N–H and O–H groups in total. The van der Waals surface area contributed by atoms with Gasteiger partial charge in [-0.1, -0.05) is 67.9 Å². The SMILES string of the molecule is CCCCn1c(CN(Cc2ccc(O)cc2)Cc2ccc(C(=O)OC)cc2)cnc1-c1ccccc1. The quantitative estimate of drug-likeness (QED) is 0.263. The van der Waals surface area contributed by atoms with Gasteiger partial charge in [0.15, 0.2) is 0 Å². The maximum Gasteiger partial charge on any atom is 0.337 e. The number of hydrogen-bond acceptors (Lipinski definition) is 5. The van der Waals surface area contributed by atoms with E-state index in [4.69, 9.17) is 9.72 Å². The zero-order chi connectivity index (χ0) is 25.3. The van der Waals surface area contributed by atoms with Crippen LogP contribution in [-0.2, 0) is 30.9 Å².